The van der Waals surface area contributed by atoms with Crippen LogP contribution in [-0.4, -0.2) is 122 Å². The van der Waals surface area contributed by atoms with E-state index < -0.39 is 42.9 Å². The molecular formula is C55H63F2N9O9S. The van der Waals surface area contributed by atoms with Gasteiger partial charge in [-0.2, -0.15) is 4.98 Å². The number of benzene rings is 3. The highest BCUT2D eigenvalue weighted by Gasteiger charge is 2.50. The first kappa shape index (κ1) is 52.5. The van der Waals surface area contributed by atoms with E-state index in [9.17, 15) is 27.7 Å². The van der Waals surface area contributed by atoms with Gasteiger partial charge < -0.3 is 34.1 Å². The molecule has 1 atom stereocenters. The van der Waals surface area contributed by atoms with E-state index in [4.69, 9.17) is 18.9 Å². The maximum atomic E-state index is 15.3. The number of rotatable bonds is 17. The fourth-order valence-corrected chi connectivity index (χ4v) is 12.3. The Bertz CT molecular complexity index is 3210. The van der Waals surface area contributed by atoms with Gasteiger partial charge in [-0.05, 0) is 78.0 Å². The van der Waals surface area contributed by atoms with Gasteiger partial charge in [0.2, 0.25) is 5.82 Å². The third-order valence-electron chi connectivity index (χ3n) is 15.8. The number of pyridine rings is 2. The predicted molar refractivity (Wildman–Crippen MR) is 282 cm³/mol. The molecular weight excluding hydrogens is 1000 g/mol. The average molecular weight is 1060 g/mol. The number of fused-ring (bicyclic) bond motifs is 1. The van der Waals surface area contributed by atoms with Crippen LogP contribution >= 0.6 is 0 Å². The summed E-state index contributed by atoms with van der Waals surface area (Å²) in [4.78, 5) is 43.4. The lowest BCUT2D eigenvalue weighted by Gasteiger charge is -2.58. The zero-order chi connectivity index (χ0) is 53.4. The number of piperidine rings is 1. The van der Waals surface area contributed by atoms with Gasteiger partial charge in [0.05, 0.1) is 42.8 Å². The van der Waals surface area contributed by atoms with Crippen molar-refractivity contribution in [1.82, 2.24) is 29.5 Å². The lowest BCUT2D eigenvalue weighted by Crippen LogP contribution is -2.60. The molecule has 1 amide bonds. The van der Waals surface area contributed by atoms with Gasteiger partial charge in [0, 0.05) is 107 Å². The van der Waals surface area contributed by atoms with Crippen LogP contribution in [0.5, 0.6) is 23.1 Å². The lowest BCUT2D eigenvalue weighted by molar-refractivity contribution is -0.384. The van der Waals surface area contributed by atoms with Gasteiger partial charge in [-0.25, -0.2) is 26.9 Å². The van der Waals surface area contributed by atoms with Crippen molar-refractivity contribution in [1.29, 1.82) is 0 Å². The summed E-state index contributed by atoms with van der Waals surface area (Å²) in [5, 5.41) is 14.9. The van der Waals surface area contributed by atoms with Crippen LogP contribution in [0.1, 0.15) is 91.4 Å². The molecule has 18 nitrogen and oxygen atoms in total. The summed E-state index contributed by atoms with van der Waals surface area (Å²) >= 11 is 0. The van der Waals surface area contributed by atoms with Crippen LogP contribution in [0.25, 0.3) is 11.0 Å². The van der Waals surface area contributed by atoms with Crippen LogP contribution in [0, 0.1) is 21.3 Å². The first-order chi connectivity index (χ1) is 36.5. The van der Waals surface area contributed by atoms with Crippen molar-refractivity contribution in [3.8, 4) is 23.1 Å². The molecule has 1 spiro atoms. The minimum Gasteiger partial charge on any atom is -0.497 e. The molecule has 3 aromatic carbocycles. The van der Waals surface area contributed by atoms with Crippen LogP contribution < -0.4 is 29.1 Å². The van der Waals surface area contributed by atoms with Crippen molar-refractivity contribution < 1.29 is 45.9 Å². The first-order valence-corrected chi connectivity index (χ1v) is 27.2. The molecule has 3 N–H and O–H groups in total. The molecule has 3 aromatic heterocycles. The molecule has 4 fully saturated rings. The molecule has 6 heterocycles. The lowest BCUT2D eigenvalue weighted by atomic mass is 9.59. The number of hydrogen-bond acceptors (Lipinski definition) is 15. The Morgan fingerprint density at radius 2 is 1.71 bits per heavy atom. The van der Waals surface area contributed by atoms with E-state index in [0.29, 0.717) is 30.7 Å². The van der Waals surface area contributed by atoms with E-state index in [1.165, 1.54) is 35.9 Å². The van der Waals surface area contributed by atoms with E-state index in [0.717, 1.165) is 76.1 Å². The van der Waals surface area contributed by atoms with Crippen LogP contribution in [-0.2, 0) is 21.3 Å². The Balaban J connectivity index is 0.863. The molecule has 21 heteroatoms. The van der Waals surface area contributed by atoms with Gasteiger partial charge in [-0.3, -0.25) is 24.7 Å². The average Bonchev–Trinajstić information content (AvgIpc) is 3.78. The van der Waals surface area contributed by atoms with Gasteiger partial charge in [-0.1, -0.05) is 50.2 Å². The number of halogens is 2. The summed E-state index contributed by atoms with van der Waals surface area (Å²) in [6, 6.07) is 24.8. The highest BCUT2D eigenvalue weighted by Crippen LogP contribution is 2.53. The number of H-pyrrole nitrogens is 1. The van der Waals surface area contributed by atoms with Crippen LogP contribution in [0.4, 0.5) is 26.0 Å². The molecule has 3 saturated heterocycles. The maximum absolute atomic E-state index is 15.3. The minimum absolute atomic E-state index is 0.0330. The second-order valence-corrected chi connectivity index (χ2v) is 22.5. The van der Waals surface area contributed by atoms with Crippen molar-refractivity contribution in [2.24, 2.45) is 5.41 Å². The van der Waals surface area contributed by atoms with Gasteiger partial charge in [-0.15, -0.1) is 0 Å². The van der Waals surface area contributed by atoms with Gasteiger partial charge >= 0.3 is 5.69 Å². The number of ether oxygens (including phenoxy) is 4. The molecule has 402 valence electrons. The number of nitrogens with one attached hydrogen (secondary N) is 3. The number of aromatic nitrogens is 3. The second kappa shape index (κ2) is 21.6. The second-order valence-electron chi connectivity index (χ2n) is 20.8. The summed E-state index contributed by atoms with van der Waals surface area (Å²) < 4.78 is 82.4. The predicted octanol–water partition coefficient (Wildman–Crippen LogP) is 9.30. The Labute approximate surface area is 440 Å². The Morgan fingerprint density at radius 3 is 2.42 bits per heavy atom. The fraction of sp³-hybridized carbons (Fsp3) is 0.436. The number of methoxy groups -OCH3 is 2. The molecule has 76 heavy (non-hydrogen) atoms. The van der Waals surface area contributed by atoms with E-state index in [1.54, 1.807) is 19.2 Å². The summed E-state index contributed by atoms with van der Waals surface area (Å²) in [7, 11) is -1.76. The van der Waals surface area contributed by atoms with Gasteiger partial charge in [0.15, 0.2) is 5.75 Å². The smallest absolute Gasteiger partial charge is 0.312 e. The topological polar surface area (TPSA) is 207 Å². The Hall–Kier alpha value is -6.94. The molecule has 3 aliphatic heterocycles. The number of aromatic amines is 1. The highest BCUT2D eigenvalue weighted by molar-refractivity contribution is 7.90. The number of nitrogens with zero attached hydrogens (tertiary/aromatic N) is 6. The zero-order valence-electron chi connectivity index (χ0n) is 43.0. The quantitative estimate of drug-likeness (QED) is 0.0575. The number of amides is 1. The summed E-state index contributed by atoms with van der Waals surface area (Å²) in [6.07, 6.45) is 6.16. The fourth-order valence-electron chi connectivity index (χ4n) is 11.4. The van der Waals surface area contributed by atoms with Crippen LogP contribution in [0.3, 0.4) is 0 Å². The standard InChI is InChI=1S/C55H63F2N9O9S/c1-35(2)41-7-5-6-8-42(41)47-33-63(32-36-9-12-39(72-3)13-10-36)21-22-65(47)38-28-54(29-38)15-19-64(20-16-54)37-11-14-43(48(25-37)75-49-27-44-45(56)31-59-50(44)61-53(49)73-4)52(67)62-76(70,71)40-26-46(66(68)69)51(58-30-40)60-34-55(57)17-23-74-24-18-55/h5-14,25-27,30-31,35,38,47H,15-24,28-29,32-34H2,1-4H3,(H,58,60)(H,59,61)(H,62,67)/t47-/m0/s1. The normalized spacial score (nSPS) is 19.1. The van der Waals surface area contributed by atoms with Crippen LogP contribution in [0.2, 0.25) is 0 Å². The van der Waals surface area contributed by atoms with E-state index in [-0.39, 0.29) is 83.9 Å². The number of nitro groups is 1. The SMILES string of the molecule is COc1ccc(CN2CCN(C3CC4(CCN(c5ccc(C(=O)NS(=O)(=O)c6cnc(NCC7(F)CCOCC7)c([N+](=O)[O-])c6)c(Oc6cc7c(F)c[nH]c7nc6OC)c5)CC4)C3)[C@H](c3ccccc3C(C)C)C2)cc1. The van der Waals surface area contributed by atoms with Crippen molar-refractivity contribution in [2.75, 3.05) is 76.9 Å². The number of piperazine rings is 1. The molecule has 10 rings (SSSR count). The van der Waals surface area contributed by atoms with Crippen molar-refractivity contribution in [3.63, 3.8) is 0 Å². The molecule has 0 bridgehead atoms. The highest BCUT2D eigenvalue weighted by atomic mass is 32.2. The molecule has 0 unspecified atom stereocenters. The summed E-state index contributed by atoms with van der Waals surface area (Å²) in [6.45, 7) is 9.75. The molecule has 4 aliphatic rings. The number of alkyl halides is 1. The van der Waals surface area contributed by atoms with Gasteiger partial charge in [0.1, 0.15) is 33.5 Å². The maximum Gasteiger partial charge on any atom is 0.312 e. The molecule has 1 saturated carbocycles. The third-order valence-corrected chi connectivity index (χ3v) is 17.1. The van der Waals surface area contributed by atoms with E-state index >= 15 is 4.39 Å². The third kappa shape index (κ3) is 11.0. The zero-order valence-corrected chi connectivity index (χ0v) is 43.8. The first-order valence-electron chi connectivity index (χ1n) is 25.7. The number of anilines is 2. The molecule has 1 aliphatic carbocycles. The molecule has 0 radical (unpaired) electrons. The van der Waals surface area contributed by atoms with Crippen molar-refractivity contribution >= 4 is 44.2 Å². The largest absolute Gasteiger partial charge is 0.497 e. The van der Waals surface area contributed by atoms with Gasteiger partial charge in [0.25, 0.3) is 21.8 Å². The summed E-state index contributed by atoms with van der Waals surface area (Å²) in [5.74, 6) is -0.995. The van der Waals surface area contributed by atoms with Crippen molar-refractivity contribution in [2.45, 2.75) is 87.5 Å². The number of sulfonamides is 1. The number of hydrogen-bond donors (Lipinski definition) is 3. The van der Waals surface area contributed by atoms with Crippen molar-refractivity contribution in [3.05, 3.63) is 129 Å². The summed E-state index contributed by atoms with van der Waals surface area (Å²) in [5.41, 5.74) is 2.44. The van der Waals surface area contributed by atoms with Crippen LogP contribution in [0.15, 0.2) is 96.2 Å². The Morgan fingerprint density at radius 1 is 0.961 bits per heavy atom. The van der Waals surface area contributed by atoms with E-state index in [2.05, 4.69) is 85.2 Å². The Kier molecular flexibility index (Phi) is 14.9. The van der Waals surface area contributed by atoms with E-state index in [1.807, 2.05) is 16.9 Å². The monoisotopic (exact) mass is 1060 g/mol. The molecule has 6 aromatic rings. The minimum atomic E-state index is -4.81. The number of carbonyl (C=O) groups is 1. The number of carbonyl (C=O) groups excluding carboxylic acids is 1.